The Morgan fingerprint density at radius 2 is 2.20 bits per heavy atom. The summed E-state index contributed by atoms with van der Waals surface area (Å²) in [6.07, 6.45) is 2.34. The molecule has 2 heterocycles. The van der Waals surface area contributed by atoms with Gasteiger partial charge in [-0.3, -0.25) is 0 Å². The molecule has 0 radical (unpaired) electrons. The van der Waals surface area contributed by atoms with Gasteiger partial charge in [-0.05, 0) is 19.4 Å². The van der Waals surface area contributed by atoms with Crippen molar-refractivity contribution in [2.75, 3.05) is 13.1 Å². The maximum atomic E-state index is 5.33. The number of rotatable bonds is 1. The van der Waals surface area contributed by atoms with Crippen LogP contribution < -0.4 is 5.32 Å². The van der Waals surface area contributed by atoms with Crippen LogP contribution in [0.3, 0.4) is 0 Å². The minimum absolute atomic E-state index is 0.0240. The van der Waals surface area contributed by atoms with Crippen molar-refractivity contribution >= 4 is 0 Å². The average molecular weight is 209 g/mol. The predicted octanol–water partition coefficient (Wildman–Crippen LogP) is 1.83. The third kappa shape index (κ3) is 2.37. The molecule has 1 saturated heterocycles. The minimum Gasteiger partial charge on any atom is -0.339 e. The summed E-state index contributed by atoms with van der Waals surface area (Å²) in [5.74, 6) is 2.01. The largest absolute Gasteiger partial charge is 0.339 e. The molecule has 84 valence electrons. The molecule has 1 unspecified atom stereocenters. The smallest absolute Gasteiger partial charge is 0.231 e. The molecule has 0 bridgehead atoms. The minimum atomic E-state index is -0.0240. The van der Waals surface area contributed by atoms with Crippen molar-refractivity contribution in [2.24, 2.45) is 0 Å². The van der Waals surface area contributed by atoms with Crippen LogP contribution in [-0.2, 0) is 5.41 Å². The highest BCUT2D eigenvalue weighted by Gasteiger charge is 2.25. The van der Waals surface area contributed by atoms with Crippen LogP contribution in [0.5, 0.6) is 0 Å². The zero-order chi connectivity index (χ0) is 10.9. The lowest BCUT2D eigenvalue weighted by Gasteiger charge is -2.19. The average Bonchev–Trinajstić information content (AvgIpc) is 2.67. The summed E-state index contributed by atoms with van der Waals surface area (Å²) >= 11 is 0. The second-order valence-electron chi connectivity index (χ2n) is 5.25. The van der Waals surface area contributed by atoms with Crippen LogP contribution in [0.4, 0.5) is 0 Å². The number of hydrogen-bond donors (Lipinski definition) is 1. The first-order valence-corrected chi connectivity index (χ1v) is 5.62. The number of nitrogens with zero attached hydrogens (tertiary/aromatic N) is 2. The van der Waals surface area contributed by atoms with Crippen LogP contribution in [0.2, 0.25) is 0 Å². The van der Waals surface area contributed by atoms with Gasteiger partial charge in [0.25, 0.3) is 0 Å². The molecular formula is C11H19N3O. The summed E-state index contributed by atoms with van der Waals surface area (Å²) in [4.78, 5) is 4.49. The lowest BCUT2D eigenvalue weighted by atomic mass is 9.95. The van der Waals surface area contributed by atoms with Gasteiger partial charge in [0.1, 0.15) is 0 Å². The summed E-state index contributed by atoms with van der Waals surface area (Å²) in [5.41, 5.74) is -0.0240. The summed E-state index contributed by atoms with van der Waals surface area (Å²) in [6, 6.07) is 0. The van der Waals surface area contributed by atoms with E-state index in [2.05, 4.69) is 36.2 Å². The molecule has 1 N–H and O–H groups in total. The first-order chi connectivity index (χ1) is 7.07. The lowest BCUT2D eigenvalue weighted by molar-refractivity contribution is 0.316. The Balaban J connectivity index is 2.12. The van der Waals surface area contributed by atoms with E-state index in [1.165, 1.54) is 6.42 Å². The van der Waals surface area contributed by atoms with E-state index in [1.807, 2.05) is 0 Å². The summed E-state index contributed by atoms with van der Waals surface area (Å²) < 4.78 is 5.33. The topological polar surface area (TPSA) is 51.0 Å². The van der Waals surface area contributed by atoms with Gasteiger partial charge in [-0.25, -0.2) is 0 Å². The van der Waals surface area contributed by atoms with Crippen molar-refractivity contribution in [3.8, 4) is 0 Å². The Kier molecular flexibility index (Phi) is 2.78. The zero-order valence-corrected chi connectivity index (χ0v) is 9.71. The van der Waals surface area contributed by atoms with E-state index in [0.717, 1.165) is 31.2 Å². The molecule has 1 aliphatic rings. The molecule has 1 fully saturated rings. The van der Waals surface area contributed by atoms with Crippen LogP contribution in [0.25, 0.3) is 0 Å². The van der Waals surface area contributed by atoms with Gasteiger partial charge in [0.05, 0.1) is 5.92 Å². The number of nitrogens with one attached hydrogen (secondary N) is 1. The maximum absolute atomic E-state index is 5.33. The third-order valence-electron chi connectivity index (χ3n) is 2.76. The Labute approximate surface area is 90.4 Å². The highest BCUT2D eigenvalue weighted by molar-refractivity contribution is 5.03. The molecule has 15 heavy (non-hydrogen) atoms. The van der Waals surface area contributed by atoms with Crippen LogP contribution >= 0.6 is 0 Å². The Hall–Kier alpha value is -0.900. The SMILES string of the molecule is CC(C)(C)c1noc(C2CCCNC2)n1. The van der Waals surface area contributed by atoms with Crippen LogP contribution in [-0.4, -0.2) is 23.2 Å². The Morgan fingerprint density at radius 3 is 2.73 bits per heavy atom. The molecule has 0 saturated carbocycles. The van der Waals surface area contributed by atoms with Gasteiger partial charge in [0, 0.05) is 12.0 Å². The number of aromatic nitrogens is 2. The van der Waals surface area contributed by atoms with E-state index in [9.17, 15) is 0 Å². The summed E-state index contributed by atoms with van der Waals surface area (Å²) in [7, 11) is 0. The van der Waals surface area contributed by atoms with Gasteiger partial charge in [0.15, 0.2) is 5.82 Å². The van der Waals surface area contributed by atoms with E-state index in [4.69, 9.17) is 4.52 Å². The fraction of sp³-hybridized carbons (Fsp3) is 0.818. The van der Waals surface area contributed by atoms with Crippen LogP contribution in [0.15, 0.2) is 4.52 Å². The first kappa shape index (κ1) is 10.6. The molecule has 2 rings (SSSR count). The van der Waals surface area contributed by atoms with E-state index in [-0.39, 0.29) is 5.41 Å². The van der Waals surface area contributed by atoms with Crippen molar-refractivity contribution in [1.82, 2.24) is 15.5 Å². The Morgan fingerprint density at radius 1 is 1.40 bits per heavy atom. The van der Waals surface area contributed by atoms with E-state index < -0.39 is 0 Å². The predicted molar refractivity (Wildman–Crippen MR) is 57.8 cm³/mol. The quantitative estimate of drug-likeness (QED) is 0.766. The zero-order valence-electron chi connectivity index (χ0n) is 9.71. The number of hydrogen-bond acceptors (Lipinski definition) is 4. The monoisotopic (exact) mass is 209 g/mol. The van der Waals surface area contributed by atoms with Gasteiger partial charge in [-0.2, -0.15) is 4.98 Å². The summed E-state index contributed by atoms with van der Waals surface area (Å²) in [5, 5.41) is 7.40. The molecule has 0 aromatic carbocycles. The highest BCUT2D eigenvalue weighted by Crippen LogP contribution is 2.25. The van der Waals surface area contributed by atoms with E-state index in [0.29, 0.717) is 5.92 Å². The first-order valence-electron chi connectivity index (χ1n) is 5.62. The van der Waals surface area contributed by atoms with Gasteiger partial charge in [0.2, 0.25) is 5.89 Å². The molecule has 1 aromatic heterocycles. The lowest BCUT2D eigenvalue weighted by Crippen LogP contribution is -2.28. The maximum Gasteiger partial charge on any atom is 0.231 e. The van der Waals surface area contributed by atoms with Gasteiger partial charge in [-0.15, -0.1) is 0 Å². The van der Waals surface area contributed by atoms with Crippen molar-refractivity contribution in [1.29, 1.82) is 0 Å². The Bertz CT molecular complexity index is 321. The second kappa shape index (κ2) is 3.93. The second-order valence-corrected chi connectivity index (χ2v) is 5.25. The normalized spacial score (nSPS) is 23.0. The molecule has 0 aliphatic carbocycles. The third-order valence-corrected chi connectivity index (χ3v) is 2.76. The van der Waals surface area contributed by atoms with Crippen molar-refractivity contribution in [3.63, 3.8) is 0 Å². The van der Waals surface area contributed by atoms with E-state index >= 15 is 0 Å². The highest BCUT2D eigenvalue weighted by atomic mass is 16.5. The van der Waals surface area contributed by atoms with Crippen LogP contribution in [0.1, 0.15) is 51.2 Å². The molecule has 4 nitrogen and oxygen atoms in total. The van der Waals surface area contributed by atoms with Gasteiger partial charge in [-0.1, -0.05) is 25.9 Å². The molecule has 0 spiro atoms. The molecule has 1 aliphatic heterocycles. The molecular weight excluding hydrogens is 190 g/mol. The molecule has 0 amide bonds. The van der Waals surface area contributed by atoms with Crippen molar-refractivity contribution in [3.05, 3.63) is 11.7 Å². The molecule has 1 atom stereocenters. The van der Waals surface area contributed by atoms with E-state index in [1.54, 1.807) is 0 Å². The van der Waals surface area contributed by atoms with Gasteiger partial charge < -0.3 is 9.84 Å². The van der Waals surface area contributed by atoms with Gasteiger partial charge >= 0.3 is 0 Å². The van der Waals surface area contributed by atoms with Crippen LogP contribution in [0, 0.1) is 0 Å². The van der Waals surface area contributed by atoms with Crippen molar-refractivity contribution < 1.29 is 4.52 Å². The molecule has 1 aromatic rings. The fourth-order valence-electron chi connectivity index (χ4n) is 1.77. The fourth-order valence-corrected chi connectivity index (χ4v) is 1.77. The summed E-state index contributed by atoms with van der Waals surface area (Å²) in [6.45, 7) is 8.37. The van der Waals surface area contributed by atoms with Crippen molar-refractivity contribution in [2.45, 2.75) is 44.9 Å². The number of piperidine rings is 1. The molecule has 4 heteroatoms. The standard InChI is InChI=1S/C11H19N3O/c1-11(2,3)10-13-9(15-14-10)8-5-4-6-12-7-8/h8,12H,4-7H2,1-3H3.